The number of sulfonamides is 1. The Balaban J connectivity index is 1.58. The molecule has 126 valence electrons. The zero-order valence-electron chi connectivity index (χ0n) is 13.0. The Hall–Kier alpha value is -1.64. The van der Waals surface area contributed by atoms with Crippen molar-refractivity contribution in [2.45, 2.75) is 49.0 Å². The largest absolute Gasteiger partial charge is 0.373 e. The zero-order chi connectivity index (χ0) is 16.4. The standard InChI is InChI=1S/C15H22N4O3S/c1-17-15(19-13-8-11-5-6-14(13)22-11)18-9-10-3-2-4-12(7-10)23(16,20)21/h2-4,7,11,13-14H,5-6,8-9H2,1H3,(H2,16,20,21)(H2,17,18,19). The second-order valence-electron chi connectivity index (χ2n) is 5.98. The number of rotatable bonds is 4. The van der Waals surface area contributed by atoms with Gasteiger partial charge >= 0.3 is 0 Å². The smallest absolute Gasteiger partial charge is 0.238 e. The van der Waals surface area contributed by atoms with Gasteiger partial charge in [-0.25, -0.2) is 13.6 Å². The molecule has 2 aliphatic rings. The van der Waals surface area contributed by atoms with Crippen LogP contribution in [0, 0.1) is 0 Å². The molecule has 23 heavy (non-hydrogen) atoms. The number of nitrogens with two attached hydrogens (primary N) is 1. The zero-order valence-corrected chi connectivity index (χ0v) is 13.8. The average molecular weight is 338 g/mol. The number of ether oxygens (including phenoxy) is 1. The molecule has 2 aliphatic heterocycles. The van der Waals surface area contributed by atoms with Crippen LogP contribution < -0.4 is 15.8 Å². The molecule has 1 aromatic carbocycles. The molecule has 7 nitrogen and oxygen atoms in total. The highest BCUT2D eigenvalue weighted by molar-refractivity contribution is 7.89. The van der Waals surface area contributed by atoms with Crippen LogP contribution in [0.5, 0.6) is 0 Å². The van der Waals surface area contributed by atoms with Crippen LogP contribution in [0.15, 0.2) is 34.2 Å². The minimum Gasteiger partial charge on any atom is -0.373 e. The first-order valence-corrected chi connectivity index (χ1v) is 9.25. The van der Waals surface area contributed by atoms with E-state index in [1.54, 1.807) is 19.2 Å². The average Bonchev–Trinajstić information content (AvgIpc) is 3.13. The summed E-state index contributed by atoms with van der Waals surface area (Å²) in [6, 6.07) is 6.86. The van der Waals surface area contributed by atoms with Crippen molar-refractivity contribution in [3.63, 3.8) is 0 Å². The van der Waals surface area contributed by atoms with E-state index in [9.17, 15) is 8.42 Å². The Morgan fingerprint density at radius 2 is 2.26 bits per heavy atom. The van der Waals surface area contributed by atoms with Crippen molar-refractivity contribution >= 4 is 16.0 Å². The SMILES string of the molecule is CN=C(NCc1cccc(S(N)(=O)=O)c1)NC1CC2CCC1O2. The lowest BCUT2D eigenvalue weighted by Crippen LogP contribution is -2.47. The molecule has 3 atom stereocenters. The Kier molecular flexibility index (Phi) is 4.56. The van der Waals surface area contributed by atoms with E-state index in [0.29, 0.717) is 18.6 Å². The highest BCUT2D eigenvalue weighted by Crippen LogP contribution is 2.34. The highest BCUT2D eigenvalue weighted by Gasteiger charge is 2.41. The van der Waals surface area contributed by atoms with Crippen molar-refractivity contribution in [3.05, 3.63) is 29.8 Å². The molecule has 0 saturated carbocycles. The van der Waals surface area contributed by atoms with Crippen LogP contribution in [0.4, 0.5) is 0 Å². The number of guanidine groups is 1. The van der Waals surface area contributed by atoms with Crippen LogP contribution in [-0.4, -0.2) is 39.7 Å². The van der Waals surface area contributed by atoms with Crippen LogP contribution in [0.1, 0.15) is 24.8 Å². The summed E-state index contributed by atoms with van der Waals surface area (Å²) in [7, 11) is -1.97. The Labute approximate surface area is 136 Å². The summed E-state index contributed by atoms with van der Waals surface area (Å²) in [4.78, 5) is 4.33. The minimum absolute atomic E-state index is 0.112. The number of hydrogen-bond acceptors (Lipinski definition) is 4. The van der Waals surface area contributed by atoms with Gasteiger partial charge < -0.3 is 15.4 Å². The third-order valence-corrected chi connectivity index (χ3v) is 5.25. The normalized spacial score (nSPS) is 27.2. The van der Waals surface area contributed by atoms with Crippen molar-refractivity contribution in [1.82, 2.24) is 10.6 Å². The van der Waals surface area contributed by atoms with Gasteiger partial charge in [0.2, 0.25) is 10.0 Å². The summed E-state index contributed by atoms with van der Waals surface area (Å²) >= 11 is 0. The second kappa shape index (κ2) is 6.46. The molecule has 1 aromatic rings. The maximum absolute atomic E-state index is 11.4. The number of nitrogens with zero attached hydrogens (tertiary/aromatic N) is 1. The Bertz CT molecular complexity index is 704. The van der Waals surface area contributed by atoms with Gasteiger partial charge in [0.15, 0.2) is 5.96 Å². The Morgan fingerprint density at radius 3 is 2.87 bits per heavy atom. The lowest BCUT2D eigenvalue weighted by Gasteiger charge is -2.22. The molecule has 0 aromatic heterocycles. The second-order valence-corrected chi connectivity index (χ2v) is 7.54. The van der Waals surface area contributed by atoms with Gasteiger partial charge in [-0.1, -0.05) is 12.1 Å². The number of fused-ring (bicyclic) bond motifs is 2. The predicted octanol–water partition coefficient (Wildman–Crippen LogP) is 0.319. The lowest BCUT2D eigenvalue weighted by atomic mass is 9.96. The highest BCUT2D eigenvalue weighted by atomic mass is 32.2. The number of primary sulfonamides is 1. The molecular formula is C15H22N4O3S. The summed E-state index contributed by atoms with van der Waals surface area (Å²) < 4.78 is 28.6. The van der Waals surface area contributed by atoms with Gasteiger partial charge in [0.05, 0.1) is 23.1 Å². The molecule has 2 heterocycles. The number of nitrogens with one attached hydrogen (secondary N) is 2. The molecule has 0 aliphatic carbocycles. The fraction of sp³-hybridized carbons (Fsp3) is 0.533. The van der Waals surface area contributed by atoms with E-state index in [1.807, 2.05) is 6.07 Å². The van der Waals surface area contributed by atoms with Gasteiger partial charge in [0.25, 0.3) is 0 Å². The molecule has 3 unspecified atom stereocenters. The maximum Gasteiger partial charge on any atom is 0.238 e. The molecule has 2 bridgehead atoms. The molecule has 2 fully saturated rings. The van der Waals surface area contributed by atoms with Crippen LogP contribution in [0.2, 0.25) is 0 Å². The van der Waals surface area contributed by atoms with Crippen molar-refractivity contribution in [2.24, 2.45) is 10.1 Å². The van der Waals surface area contributed by atoms with Gasteiger partial charge in [-0.2, -0.15) is 0 Å². The first kappa shape index (κ1) is 16.2. The van der Waals surface area contributed by atoms with Crippen LogP contribution in [0.3, 0.4) is 0 Å². The van der Waals surface area contributed by atoms with Crippen LogP contribution in [-0.2, 0) is 21.3 Å². The van der Waals surface area contributed by atoms with Crippen LogP contribution in [0.25, 0.3) is 0 Å². The van der Waals surface area contributed by atoms with Crippen LogP contribution >= 0.6 is 0 Å². The third-order valence-electron chi connectivity index (χ3n) is 4.34. The molecule has 4 N–H and O–H groups in total. The summed E-state index contributed by atoms with van der Waals surface area (Å²) in [5.74, 6) is 0.687. The summed E-state index contributed by atoms with van der Waals surface area (Å²) in [6.07, 6.45) is 3.89. The predicted molar refractivity (Wildman–Crippen MR) is 87.4 cm³/mol. The van der Waals surface area contributed by atoms with E-state index in [4.69, 9.17) is 9.88 Å². The van der Waals surface area contributed by atoms with Crippen molar-refractivity contribution < 1.29 is 13.2 Å². The van der Waals surface area contributed by atoms with E-state index in [2.05, 4.69) is 15.6 Å². The van der Waals surface area contributed by atoms with E-state index in [-0.39, 0.29) is 17.0 Å². The Morgan fingerprint density at radius 1 is 1.43 bits per heavy atom. The number of hydrogen-bond donors (Lipinski definition) is 3. The van der Waals surface area contributed by atoms with Gasteiger partial charge in [-0.05, 0) is 37.0 Å². The molecular weight excluding hydrogens is 316 g/mol. The van der Waals surface area contributed by atoms with Gasteiger partial charge in [0.1, 0.15) is 0 Å². The van der Waals surface area contributed by atoms with E-state index in [0.717, 1.165) is 24.8 Å². The van der Waals surface area contributed by atoms with E-state index >= 15 is 0 Å². The van der Waals surface area contributed by atoms with Gasteiger partial charge in [-0.15, -0.1) is 0 Å². The molecule has 8 heteroatoms. The maximum atomic E-state index is 11.4. The first-order valence-electron chi connectivity index (χ1n) is 7.70. The molecule has 3 rings (SSSR count). The topological polar surface area (TPSA) is 106 Å². The molecule has 0 radical (unpaired) electrons. The summed E-state index contributed by atoms with van der Waals surface area (Å²) in [5.41, 5.74) is 0.823. The molecule has 2 saturated heterocycles. The van der Waals surface area contributed by atoms with Gasteiger partial charge in [0, 0.05) is 13.6 Å². The fourth-order valence-corrected chi connectivity index (χ4v) is 3.76. The van der Waals surface area contributed by atoms with Crippen molar-refractivity contribution in [3.8, 4) is 0 Å². The van der Waals surface area contributed by atoms with E-state index in [1.165, 1.54) is 6.07 Å². The van der Waals surface area contributed by atoms with E-state index < -0.39 is 10.0 Å². The molecule has 0 amide bonds. The minimum atomic E-state index is -3.68. The number of benzene rings is 1. The monoisotopic (exact) mass is 338 g/mol. The van der Waals surface area contributed by atoms with Crippen molar-refractivity contribution in [2.75, 3.05) is 7.05 Å². The third kappa shape index (κ3) is 3.82. The summed E-state index contributed by atoms with van der Waals surface area (Å²) in [6.45, 7) is 0.463. The summed E-state index contributed by atoms with van der Waals surface area (Å²) in [5, 5.41) is 11.7. The molecule has 0 spiro atoms. The number of aliphatic imine (C=N–C) groups is 1. The fourth-order valence-electron chi connectivity index (χ4n) is 3.18. The first-order chi connectivity index (χ1) is 11.0. The lowest BCUT2D eigenvalue weighted by molar-refractivity contribution is 0.0992. The quantitative estimate of drug-likeness (QED) is 0.541. The van der Waals surface area contributed by atoms with Crippen molar-refractivity contribution in [1.29, 1.82) is 0 Å². The van der Waals surface area contributed by atoms with Gasteiger partial charge in [-0.3, -0.25) is 4.99 Å².